The molecule has 0 saturated carbocycles. The van der Waals surface area contributed by atoms with Gasteiger partial charge in [0.2, 0.25) is 0 Å². The van der Waals surface area contributed by atoms with Crippen LogP contribution in [0.15, 0.2) is 12.7 Å². The minimum Gasteiger partial charge on any atom is -0.390 e. The Morgan fingerprint density at radius 3 is 2.00 bits per heavy atom. The van der Waals surface area contributed by atoms with E-state index in [4.69, 9.17) is 14.6 Å². The number of aliphatic hydroxyl groups is 3. The molecule has 0 fully saturated rings. The molecule has 0 aliphatic heterocycles. The first-order chi connectivity index (χ1) is 16.4. The van der Waals surface area contributed by atoms with Crippen molar-refractivity contribution in [2.24, 2.45) is 0 Å². The summed E-state index contributed by atoms with van der Waals surface area (Å²) in [5.74, 6) is -10.9. The number of hydrogen-bond donors (Lipinski definition) is 4. The fourth-order valence-corrected chi connectivity index (χ4v) is 5.31. The van der Waals surface area contributed by atoms with Crippen LogP contribution in [0.4, 0.5) is 14.6 Å². The second-order valence-corrected chi connectivity index (χ2v) is 21.7. The summed E-state index contributed by atoms with van der Waals surface area (Å²) in [4.78, 5) is 24.6. The molecule has 3 atom stereocenters. The van der Waals surface area contributed by atoms with Crippen molar-refractivity contribution in [2.45, 2.75) is 102 Å². The number of aliphatic hydroxyl groups excluding tert-OH is 2. The van der Waals surface area contributed by atoms with Crippen LogP contribution in [0.2, 0.25) is 36.3 Å². The van der Waals surface area contributed by atoms with E-state index in [0.29, 0.717) is 4.57 Å². The van der Waals surface area contributed by atoms with E-state index in [-0.39, 0.29) is 17.0 Å². The first-order valence-electron chi connectivity index (χ1n) is 11.7. The molecule has 2 heterocycles. The van der Waals surface area contributed by atoms with Crippen LogP contribution in [-0.2, 0) is 8.85 Å². The first kappa shape index (κ1) is 31.3. The molecule has 0 bridgehead atoms. The average Bonchev–Trinajstić information content (AvgIpc) is 3.15. The zero-order chi connectivity index (χ0) is 29.0. The molecular formula is C22H39F2N5O6Si2. The highest BCUT2D eigenvalue weighted by Gasteiger charge is 2.68. The molecule has 0 spiro atoms. The highest BCUT2D eigenvalue weighted by atomic mass is 28.4. The number of nitrogen functional groups attached to an aromatic ring is 1. The number of alkyl halides is 2. The first-order valence-corrected chi connectivity index (χ1v) is 17.5. The van der Waals surface area contributed by atoms with Gasteiger partial charge in [-0.25, -0.2) is 19.5 Å². The Bertz CT molecular complexity index is 1150. The molecule has 1 unspecified atom stereocenters. The molecule has 15 heteroatoms. The standard InChI is InChI=1S/C22H39F2N5O6Si2/c1-19(2,3)36(7,8)34-17(31)14(30)22(33,35-37(9,10)20(4,5)6)21(23,24)18(32)29-12-28-13-15(25)26-11-27-16(13)29/h11-12,14,17,30-31,33H,1-10H3,(H2,25,26,27)/t14-,17?,22+/m1/s1. The predicted octanol–water partition coefficient (Wildman–Crippen LogP) is 3.10. The summed E-state index contributed by atoms with van der Waals surface area (Å²) in [5, 5.41) is 32.0. The third-order valence-electron chi connectivity index (χ3n) is 7.41. The molecule has 210 valence electrons. The Morgan fingerprint density at radius 2 is 1.51 bits per heavy atom. The van der Waals surface area contributed by atoms with E-state index in [1.54, 1.807) is 47.0 Å². The number of carbonyl (C=O) groups is 1. The minimum absolute atomic E-state index is 0.109. The number of hydrogen-bond acceptors (Lipinski definition) is 10. The Hall–Kier alpha value is -1.89. The van der Waals surface area contributed by atoms with Gasteiger partial charge in [0, 0.05) is 0 Å². The van der Waals surface area contributed by atoms with E-state index in [0.717, 1.165) is 12.7 Å². The van der Waals surface area contributed by atoms with E-state index in [9.17, 15) is 20.1 Å². The minimum atomic E-state index is -4.81. The lowest BCUT2D eigenvalue weighted by atomic mass is 10.0. The molecule has 0 aliphatic carbocycles. The van der Waals surface area contributed by atoms with E-state index in [1.807, 2.05) is 20.8 Å². The van der Waals surface area contributed by atoms with Gasteiger partial charge in [-0.3, -0.25) is 4.79 Å². The lowest BCUT2D eigenvalue weighted by Crippen LogP contribution is -2.70. The van der Waals surface area contributed by atoms with Crippen LogP contribution < -0.4 is 5.73 Å². The van der Waals surface area contributed by atoms with Gasteiger partial charge in [-0.1, -0.05) is 41.5 Å². The maximum atomic E-state index is 16.1. The molecule has 2 aromatic rings. The fourth-order valence-electron chi connectivity index (χ4n) is 2.89. The van der Waals surface area contributed by atoms with Crippen LogP contribution in [0.25, 0.3) is 11.2 Å². The summed E-state index contributed by atoms with van der Waals surface area (Å²) in [6.07, 6.45) is -3.31. The maximum absolute atomic E-state index is 16.1. The summed E-state index contributed by atoms with van der Waals surface area (Å²) < 4.78 is 43.9. The molecule has 0 aliphatic rings. The molecule has 11 nitrogen and oxygen atoms in total. The van der Waals surface area contributed by atoms with E-state index in [1.165, 1.54) is 0 Å². The Balaban J connectivity index is 2.66. The largest absolute Gasteiger partial charge is 0.390 e. The molecule has 0 saturated heterocycles. The number of rotatable bonds is 8. The second-order valence-electron chi connectivity index (χ2n) is 12.2. The van der Waals surface area contributed by atoms with Gasteiger partial charge in [-0.15, -0.1) is 0 Å². The van der Waals surface area contributed by atoms with Gasteiger partial charge in [0.25, 0.3) is 5.79 Å². The van der Waals surface area contributed by atoms with Crippen LogP contribution >= 0.6 is 0 Å². The molecule has 5 N–H and O–H groups in total. The lowest BCUT2D eigenvalue weighted by molar-refractivity contribution is -0.333. The van der Waals surface area contributed by atoms with Gasteiger partial charge in [0.15, 0.2) is 46.0 Å². The quantitative estimate of drug-likeness (QED) is 0.277. The Morgan fingerprint density at radius 1 is 1.00 bits per heavy atom. The molecule has 0 aromatic carbocycles. The van der Waals surface area contributed by atoms with Crippen molar-refractivity contribution in [3.05, 3.63) is 12.7 Å². The Labute approximate surface area is 217 Å². The maximum Gasteiger partial charge on any atom is 0.379 e. The highest BCUT2D eigenvalue weighted by Crippen LogP contribution is 2.46. The molecule has 2 aromatic heterocycles. The summed E-state index contributed by atoms with van der Waals surface area (Å²) in [7, 11) is -6.14. The Kier molecular flexibility index (Phi) is 8.21. The summed E-state index contributed by atoms with van der Waals surface area (Å²) in [6, 6.07) is 0. The third kappa shape index (κ3) is 5.62. The molecule has 0 amide bonds. The number of nitrogens with two attached hydrogens (primary N) is 1. The highest BCUT2D eigenvalue weighted by molar-refractivity contribution is 6.74. The van der Waals surface area contributed by atoms with Crippen molar-refractivity contribution >= 4 is 39.5 Å². The van der Waals surface area contributed by atoms with E-state index < -0.39 is 56.7 Å². The van der Waals surface area contributed by atoms with Crippen LogP contribution in [0, 0.1) is 0 Å². The second kappa shape index (κ2) is 9.70. The van der Waals surface area contributed by atoms with Gasteiger partial charge in [0.1, 0.15) is 12.7 Å². The summed E-state index contributed by atoms with van der Waals surface area (Å²) in [5.41, 5.74) is 5.25. The molecule has 2 rings (SSSR count). The van der Waals surface area contributed by atoms with Gasteiger partial charge in [-0.05, 0) is 36.3 Å². The monoisotopic (exact) mass is 563 g/mol. The number of anilines is 1. The predicted molar refractivity (Wildman–Crippen MR) is 139 cm³/mol. The van der Waals surface area contributed by atoms with E-state index >= 15 is 8.78 Å². The molecule has 37 heavy (non-hydrogen) atoms. The number of imidazole rings is 1. The SMILES string of the molecule is CC(C)(C)[Si](C)(C)OC(O)[C@@H](O)[C@](O)(O[Si](C)(C)C(C)(C)C)C(F)(F)C(=O)n1cnc2c(N)ncnc21. The van der Waals surface area contributed by atoms with E-state index in [2.05, 4.69) is 15.0 Å². The number of aromatic nitrogens is 4. The van der Waals surface area contributed by atoms with Crippen molar-refractivity contribution in [2.75, 3.05) is 5.73 Å². The van der Waals surface area contributed by atoms with Crippen molar-refractivity contribution in [3.8, 4) is 0 Å². The van der Waals surface area contributed by atoms with Crippen molar-refractivity contribution < 1.29 is 37.7 Å². The lowest BCUT2D eigenvalue weighted by Gasteiger charge is -2.48. The van der Waals surface area contributed by atoms with Gasteiger partial charge >= 0.3 is 11.8 Å². The number of nitrogens with zero attached hydrogens (tertiary/aromatic N) is 4. The van der Waals surface area contributed by atoms with Crippen molar-refractivity contribution in [3.63, 3.8) is 0 Å². The average molecular weight is 564 g/mol. The van der Waals surface area contributed by atoms with Crippen LogP contribution in [0.3, 0.4) is 0 Å². The van der Waals surface area contributed by atoms with Crippen molar-refractivity contribution in [1.82, 2.24) is 19.5 Å². The van der Waals surface area contributed by atoms with Crippen LogP contribution in [0.1, 0.15) is 46.3 Å². The number of carbonyl (C=O) groups excluding carboxylic acids is 1. The zero-order valence-electron chi connectivity index (χ0n) is 23.0. The van der Waals surface area contributed by atoms with Gasteiger partial charge in [0.05, 0.1) is 0 Å². The number of fused-ring (bicyclic) bond motifs is 1. The summed E-state index contributed by atoms with van der Waals surface area (Å²) >= 11 is 0. The van der Waals surface area contributed by atoms with Crippen LogP contribution in [0.5, 0.6) is 0 Å². The zero-order valence-corrected chi connectivity index (χ0v) is 25.0. The summed E-state index contributed by atoms with van der Waals surface area (Å²) in [6.45, 7) is 17.2. The third-order valence-corrected chi connectivity index (χ3v) is 16.3. The normalized spacial score (nSPS) is 17.5. The molecular weight excluding hydrogens is 524 g/mol. The smallest absolute Gasteiger partial charge is 0.379 e. The van der Waals surface area contributed by atoms with Gasteiger partial charge < -0.3 is 29.9 Å². The number of halogens is 2. The van der Waals surface area contributed by atoms with Crippen LogP contribution in [-0.4, -0.2) is 81.5 Å². The fraction of sp³-hybridized carbons (Fsp3) is 0.727. The topological polar surface area (TPSA) is 166 Å². The molecule has 0 radical (unpaired) electrons. The van der Waals surface area contributed by atoms with Gasteiger partial charge in [-0.2, -0.15) is 8.78 Å². The van der Waals surface area contributed by atoms with Crippen molar-refractivity contribution in [1.29, 1.82) is 0 Å².